The Morgan fingerprint density at radius 1 is 1.22 bits per heavy atom. The second kappa shape index (κ2) is 8.91. The zero-order valence-corrected chi connectivity index (χ0v) is 18.3. The number of carbonyl (C=O) groups is 2. The molecular formula is C22H21FN4O4S. The molecule has 8 nitrogen and oxygen atoms in total. The maximum atomic E-state index is 13.0. The number of hydrogen-bond acceptors (Lipinski definition) is 7. The van der Waals surface area contributed by atoms with Crippen LogP contribution in [0.2, 0.25) is 0 Å². The number of rotatable bonds is 7. The van der Waals surface area contributed by atoms with E-state index in [-0.39, 0.29) is 41.8 Å². The van der Waals surface area contributed by atoms with Gasteiger partial charge in [0.2, 0.25) is 10.7 Å². The molecule has 0 saturated heterocycles. The molecule has 4 rings (SSSR count). The van der Waals surface area contributed by atoms with Gasteiger partial charge in [-0.05, 0) is 42.4 Å². The van der Waals surface area contributed by atoms with Crippen LogP contribution < -0.4 is 20.1 Å². The van der Waals surface area contributed by atoms with Gasteiger partial charge in [0.1, 0.15) is 17.7 Å². The van der Waals surface area contributed by atoms with E-state index in [4.69, 9.17) is 21.7 Å². The molecule has 0 radical (unpaired) electrons. The lowest BCUT2D eigenvalue weighted by Crippen LogP contribution is -2.29. The molecule has 166 valence electrons. The lowest BCUT2D eigenvalue weighted by atomic mass is 10.1. The van der Waals surface area contributed by atoms with Crippen LogP contribution in [0.4, 0.5) is 10.2 Å². The van der Waals surface area contributed by atoms with Crippen LogP contribution in [0, 0.1) is 10.6 Å². The van der Waals surface area contributed by atoms with E-state index in [1.807, 2.05) is 0 Å². The number of carbonyl (C=O) groups excluding carboxylic acids is 2. The van der Waals surface area contributed by atoms with Crippen LogP contribution in [-0.4, -0.2) is 41.6 Å². The minimum Gasteiger partial charge on any atom is -0.493 e. The zero-order valence-electron chi connectivity index (χ0n) is 17.5. The molecule has 1 aliphatic heterocycles. The fraction of sp³-hybridized carbons (Fsp3) is 0.273. The van der Waals surface area contributed by atoms with Crippen molar-refractivity contribution in [3.05, 3.63) is 52.5 Å². The van der Waals surface area contributed by atoms with Gasteiger partial charge in [0.25, 0.3) is 5.91 Å². The van der Waals surface area contributed by atoms with Gasteiger partial charge in [0.05, 0.1) is 19.7 Å². The van der Waals surface area contributed by atoms with E-state index < -0.39 is 6.04 Å². The smallest absolute Gasteiger partial charge is 0.257 e. The first-order valence-corrected chi connectivity index (χ1v) is 10.3. The van der Waals surface area contributed by atoms with Crippen molar-refractivity contribution in [3.63, 3.8) is 0 Å². The van der Waals surface area contributed by atoms with Crippen molar-refractivity contribution < 1.29 is 23.5 Å². The van der Waals surface area contributed by atoms with E-state index in [9.17, 15) is 14.0 Å². The van der Waals surface area contributed by atoms with E-state index >= 15 is 0 Å². The summed E-state index contributed by atoms with van der Waals surface area (Å²) >= 11 is 5.33. The van der Waals surface area contributed by atoms with Crippen molar-refractivity contribution in [2.75, 3.05) is 19.5 Å². The molecule has 0 bridgehead atoms. The SMILES string of the molecule is COc1cc2nc(=S)n3c(c2cc1OC)N[C@H](CCC(=O)NCc1ccc(F)cc1)C3=O. The number of aromatic nitrogens is 2. The number of ether oxygens (including phenoxy) is 2. The third kappa shape index (κ3) is 4.13. The largest absolute Gasteiger partial charge is 0.493 e. The van der Waals surface area contributed by atoms with Crippen LogP contribution in [0.5, 0.6) is 11.5 Å². The fourth-order valence-electron chi connectivity index (χ4n) is 3.61. The predicted octanol–water partition coefficient (Wildman–Crippen LogP) is 3.45. The first-order valence-electron chi connectivity index (χ1n) is 9.92. The van der Waals surface area contributed by atoms with Crippen molar-refractivity contribution in [1.29, 1.82) is 0 Å². The molecule has 1 aromatic heterocycles. The van der Waals surface area contributed by atoms with Crippen LogP contribution in [0.3, 0.4) is 0 Å². The molecule has 32 heavy (non-hydrogen) atoms. The molecule has 3 aromatic rings. The van der Waals surface area contributed by atoms with Crippen LogP contribution in [-0.2, 0) is 11.3 Å². The average molecular weight is 456 g/mol. The topological polar surface area (TPSA) is 94.5 Å². The molecule has 0 unspecified atom stereocenters. The first kappa shape index (κ1) is 21.7. The van der Waals surface area contributed by atoms with Gasteiger partial charge in [-0.2, -0.15) is 0 Å². The molecule has 2 N–H and O–H groups in total. The number of anilines is 1. The molecule has 1 aliphatic rings. The maximum Gasteiger partial charge on any atom is 0.257 e. The van der Waals surface area contributed by atoms with Crippen LogP contribution in [0.1, 0.15) is 23.2 Å². The number of nitrogens with zero attached hydrogens (tertiary/aromatic N) is 2. The average Bonchev–Trinajstić information content (AvgIpc) is 3.13. The van der Waals surface area contributed by atoms with Crippen molar-refractivity contribution in [2.45, 2.75) is 25.4 Å². The van der Waals surface area contributed by atoms with Gasteiger partial charge >= 0.3 is 0 Å². The number of halogens is 1. The number of amides is 1. The second-order valence-corrected chi connectivity index (χ2v) is 7.64. The minimum atomic E-state index is -0.617. The summed E-state index contributed by atoms with van der Waals surface area (Å²) < 4.78 is 25.1. The van der Waals surface area contributed by atoms with E-state index in [0.717, 1.165) is 5.56 Å². The quantitative estimate of drug-likeness (QED) is 0.526. The van der Waals surface area contributed by atoms with Gasteiger partial charge in [-0.15, -0.1) is 0 Å². The number of hydrogen-bond donors (Lipinski definition) is 2. The van der Waals surface area contributed by atoms with Crippen LogP contribution in [0.15, 0.2) is 36.4 Å². The number of fused-ring (bicyclic) bond motifs is 3. The van der Waals surface area contributed by atoms with Crippen LogP contribution in [0.25, 0.3) is 10.9 Å². The van der Waals surface area contributed by atoms with Crippen molar-refractivity contribution >= 4 is 40.8 Å². The van der Waals surface area contributed by atoms with Gasteiger partial charge < -0.3 is 20.1 Å². The van der Waals surface area contributed by atoms with E-state index in [1.165, 1.54) is 30.9 Å². The summed E-state index contributed by atoms with van der Waals surface area (Å²) in [6, 6.07) is 8.72. The van der Waals surface area contributed by atoms with E-state index in [1.54, 1.807) is 24.3 Å². The third-order valence-corrected chi connectivity index (χ3v) is 5.55. The van der Waals surface area contributed by atoms with Crippen molar-refractivity contribution in [3.8, 4) is 11.5 Å². The first-order chi connectivity index (χ1) is 15.4. The molecule has 2 heterocycles. The van der Waals surface area contributed by atoms with Crippen LogP contribution >= 0.6 is 12.2 Å². The van der Waals surface area contributed by atoms with E-state index in [0.29, 0.717) is 28.2 Å². The number of nitrogens with one attached hydrogen (secondary N) is 2. The van der Waals surface area contributed by atoms with E-state index in [2.05, 4.69) is 15.6 Å². The summed E-state index contributed by atoms with van der Waals surface area (Å²) in [7, 11) is 3.05. The Labute approximate surface area is 188 Å². The Bertz CT molecular complexity index is 1260. The van der Waals surface area contributed by atoms with Gasteiger partial charge in [-0.1, -0.05) is 12.1 Å². The monoisotopic (exact) mass is 456 g/mol. The summed E-state index contributed by atoms with van der Waals surface area (Å²) in [5.41, 5.74) is 1.35. The lowest BCUT2D eigenvalue weighted by molar-refractivity contribution is -0.121. The molecule has 0 fully saturated rings. The molecule has 0 aliphatic carbocycles. The third-order valence-electron chi connectivity index (χ3n) is 5.28. The number of benzene rings is 2. The normalized spacial score (nSPS) is 14.7. The Morgan fingerprint density at radius 2 is 1.91 bits per heavy atom. The molecule has 1 atom stereocenters. The van der Waals surface area contributed by atoms with Gasteiger partial charge in [0, 0.05) is 24.4 Å². The standard InChI is InChI=1S/C22H21FN4O4S/c1-30-17-9-14-16(10-18(17)31-2)26-22(32)27-20(14)25-15(21(27)29)7-8-19(28)24-11-12-3-5-13(23)6-4-12/h3-6,9-10,15,25H,7-8,11H2,1-2H3,(H,24,28)/t15-/m1/s1. The van der Waals surface area contributed by atoms with Gasteiger partial charge in [-0.25, -0.2) is 13.9 Å². The highest BCUT2D eigenvalue weighted by Crippen LogP contribution is 2.36. The summed E-state index contributed by atoms with van der Waals surface area (Å²) in [4.78, 5) is 29.5. The highest BCUT2D eigenvalue weighted by atomic mass is 32.1. The highest BCUT2D eigenvalue weighted by molar-refractivity contribution is 7.71. The Morgan fingerprint density at radius 3 is 2.59 bits per heavy atom. The Balaban J connectivity index is 1.48. The molecular weight excluding hydrogens is 435 g/mol. The Kier molecular flexibility index (Phi) is 6.04. The predicted molar refractivity (Wildman–Crippen MR) is 119 cm³/mol. The summed E-state index contributed by atoms with van der Waals surface area (Å²) in [5, 5.41) is 6.62. The van der Waals surface area contributed by atoms with Gasteiger partial charge in [-0.3, -0.25) is 9.59 Å². The summed E-state index contributed by atoms with van der Waals surface area (Å²) in [6.07, 6.45) is 0.410. The fourth-order valence-corrected chi connectivity index (χ4v) is 3.89. The summed E-state index contributed by atoms with van der Waals surface area (Å²) in [5.74, 6) is 0.716. The minimum absolute atomic E-state index is 0.125. The molecule has 0 spiro atoms. The Hall–Kier alpha value is -3.53. The lowest BCUT2D eigenvalue weighted by Gasteiger charge is -2.12. The summed E-state index contributed by atoms with van der Waals surface area (Å²) in [6.45, 7) is 0.284. The van der Waals surface area contributed by atoms with Crippen molar-refractivity contribution in [1.82, 2.24) is 14.9 Å². The van der Waals surface area contributed by atoms with Gasteiger partial charge in [0.15, 0.2) is 11.5 Å². The van der Waals surface area contributed by atoms with Crippen molar-refractivity contribution in [2.24, 2.45) is 0 Å². The zero-order chi connectivity index (χ0) is 22.8. The highest BCUT2D eigenvalue weighted by Gasteiger charge is 2.32. The molecule has 1 amide bonds. The number of methoxy groups -OCH3 is 2. The second-order valence-electron chi connectivity index (χ2n) is 7.28. The molecule has 10 heteroatoms. The molecule has 0 saturated carbocycles. The maximum absolute atomic E-state index is 13.0. The molecule has 2 aromatic carbocycles.